The normalized spacial score (nSPS) is 12.5. The van der Waals surface area contributed by atoms with Crippen LogP contribution in [0.5, 0.6) is 5.75 Å². The van der Waals surface area contributed by atoms with Crippen molar-refractivity contribution in [2.75, 3.05) is 0 Å². The fourth-order valence-electron chi connectivity index (χ4n) is 1.94. The molecular formula is C14H12F4N2O. The molecule has 0 aliphatic heterocycles. The lowest BCUT2D eigenvalue weighted by atomic mass is 9.98. The Labute approximate surface area is 118 Å². The minimum Gasteiger partial charge on any atom is -0.435 e. The van der Waals surface area contributed by atoms with E-state index in [1.807, 2.05) is 0 Å². The van der Waals surface area contributed by atoms with Crippen molar-refractivity contribution in [2.24, 2.45) is 5.84 Å². The fourth-order valence-corrected chi connectivity index (χ4v) is 1.94. The highest BCUT2D eigenvalue weighted by atomic mass is 19.3. The lowest BCUT2D eigenvalue weighted by Gasteiger charge is -2.18. The monoisotopic (exact) mass is 300 g/mol. The zero-order valence-electron chi connectivity index (χ0n) is 10.7. The van der Waals surface area contributed by atoms with E-state index in [-0.39, 0.29) is 11.3 Å². The second-order valence-corrected chi connectivity index (χ2v) is 4.21. The van der Waals surface area contributed by atoms with Crippen molar-refractivity contribution < 1.29 is 22.3 Å². The standard InChI is InChI=1S/C14H12F4N2O/c15-9-3-6-12(16)11(7-9)13(20-19)8-1-4-10(5-2-8)21-14(17)18/h1-7,13-14,20H,19H2. The molecule has 0 saturated carbocycles. The Morgan fingerprint density at radius 2 is 1.67 bits per heavy atom. The molecule has 0 aliphatic rings. The summed E-state index contributed by atoms with van der Waals surface area (Å²) >= 11 is 0. The van der Waals surface area contributed by atoms with Gasteiger partial charge < -0.3 is 4.74 Å². The summed E-state index contributed by atoms with van der Waals surface area (Å²) in [6.07, 6.45) is 0. The lowest BCUT2D eigenvalue weighted by Crippen LogP contribution is -2.29. The van der Waals surface area contributed by atoms with Gasteiger partial charge in [-0.25, -0.2) is 14.2 Å². The minimum absolute atomic E-state index is 0.0139. The summed E-state index contributed by atoms with van der Waals surface area (Å²) in [7, 11) is 0. The number of halogens is 4. The molecule has 0 fully saturated rings. The van der Waals surface area contributed by atoms with E-state index in [0.717, 1.165) is 18.2 Å². The van der Waals surface area contributed by atoms with Gasteiger partial charge in [0.2, 0.25) is 0 Å². The molecule has 0 radical (unpaired) electrons. The van der Waals surface area contributed by atoms with Crippen molar-refractivity contribution in [3.05, 3.63) is 65.2 Å². The number of hydrogen-bond acceptors (Lipinski definition) is 3. The molecule has 0 amide bonds. The van der Waals surface area contributed by atoms with Crippen LogP contribution in [0.4, 0.5) is 17.6 Å². The van der Waals surface area contributed by atoms with E-state index in [1.54, 1.807) is 0 Å². The van der Waals surface area contributed by atoms with Crippen molar-refractivity contribution in [3.8, 4) is 5.75 Å². The zero-order valence-corrected chi connectivity index (χ0v) is 10.7. The maximum Gasteiger partial charge on any atom is 0.387 e. The molecule has 0 aliphatic carbocycles. The van der Waals surface area contributed by atoms with Gasteiger partial charge in [0.05, 0.1) is 6.04 Å². The van der Waals surface area contributed by atoms with Crippen molar-refractivity contribution in [2.45, 2.75) is 12.7 Å². The number of hydrogen-bond donors (Lipinski definition) is 2. The van der Waals surface area contributed by atoms with Gasteiger partial charge in [-0.3, -0.25) is 5.84 Å². The summed E-state index contributed by atoms with van der Waals surface area (Å²) in [4.78, 5) is 0. The summed E-state index contributed by atoms with van der Waals surface area (Å²) in [6, 6.07) is 7.64. The molecule has 0 heterocycles. The Kier molecular flexibility index (Phi) is 4.77. The third-order valence-electron chi connectivity index (χ3n) is 2.87. The molecule has 112 valence electrons. The van der Waals surface area contributed by atoms with Crippen LogP contribution in [-0.4, -0.2) is 6.61 Å². The number of benzene rings is 2. The van der Waals surface area contributed by atoms with Gasteiger partial charge in [0.1, 0.15) is 17.4 Å². The molecular weight excluding hydrogens is 288 g/mol. The molecule has 2 rings (SSSR count). The third kappa shape index (κ3) is 3.71. The molecule has 7 heteroatoms. The highest BCUT2D eigenvalue weighted by Gasteiger charge is 2.17. The van der Waals surface area contributed by atoms with E-state index in [2.05, 4.69) is 10.2 Å². The summed E-state index contributed by atoms with van der Waals surface area (Å²) in [5.74, 6) is 4.11. The Hall–Kier alpha value is -2.12. The second-order valence-electron chi connectivity index (χ2n) is 4.21. The predicted molar refractivity (Wildman–Crippen MR) is 68.6 cm³/mol. The SMILES string of the molecule is NNC(c1ccc(OC(F)F)cc1)c1cc(F)ccc1F. The summed E-state index contributed by atoms with van der Waals surface area (Å²) in [6.45, 7) is -2.93. The summed E-state index contributed by atoms with van der Waals surface area (Å²) in [5.41, 5.74) is 2.86. The number of nitrogens with two attached hydrogens (primary N) is 1. The fraction of sp³-hybridized carbons (Fsp3) is 0.143. The lowest BCUT2D eigenvalue weighted by molar-refractivity contribution is -0.0498. The van der Waals surface area contributed by atoms with Crippen molar-refractivity contribution >= 4 is 0 Å². The number of hydrazine groups is 1. The van der Waals surface area contributed by atoms with E-state index in [4.69, 9.17) is 5.84 Å². The first-order valence-electron chi connectivity index (χ1n) is 5.97. The average molecular weight is 300 g/mol. The van der Waals surface area contributed by atoms with Gasteiger partial charge >= 0.3 is 6.61 Å². The Bertz CT molecular complexity index is 604. The highest BCUT2D eigenvalue weighted by Crippen LogP contribution is 2.26. The molecule has 1 atom stereocenters. The van der Waals surface area contributed by atoms with Gasteiger partial charge in [-0.1, -0.05) is 12.1 Å². The van der Waals surface area contributed by atoms with Crippen molar-refractivity contribution in [3.63, 3.8) is 0 Å². The van der Waals surface area contributed by atoms with Crippen LogP contribution in [0.2, 0.25) is 0 Å². The first kappa shape index (κ1) is 15.3. The van der Waals surface area contributed by atoms with Crippen LogP contribution in [0, 0.1) is 11.6 Å². The summed E-state index contributed by atoms with van der Waals surface area (Å²) in [5, 5.41) is 0. The largest absolute Gasteiger partial charge is 0.435 e. The highest BCUT2D eigenvalue weighted by molar-refractivity contribution is 5.36. The molecule has 0 aromatic heterocycles. The van der Waals surface area contributed by atoms with E-state index in [0.29, 0.717) is 5.56 Å². The minimum atomic E-state index is -2.93. The van der Waals surface area contributed by atoms with Gasteiger partial charge in [-0.05, 0) is 35.9 Å². The Balaban J connectivity index is 2.31. The van der Waals surface area contributed by atoms with Crippen LogP contribution in [0.1, 0.15) is 17.2 Å². The summed E-state index contributed by atoms with van der Waals surface area (Å²) < 4.78 is 55.3. The van der Waals surface area contributed by atoms with Gasteiger partial charge in [0.25, 0.3) is 0 Å². The molecule has 21 heavy (non-hydrogen) atoms. The van der Waals surface area contributed by atoms with Crippen molar-refractivity contribution in [1.82, 2.24) is 5.43 Å². The molecule has 3 nitrogen and oxygen atoms in total. The van der Waals surface area contributed by atoms with Crippen LogP contribution in [-0.2, 0) is 0 Å². The Morgan fingerprint density at radius 1 is 1.00 bits per heavy atom. The molecule has 0 bridgehead atoms. The van der Waals surface area contributed by atoms with Gasteiger partial charge in [-0.15, -0.1) is 0 Å². The van der Waals surface area contributed by atoms with Crippen LogP contribution in [0.25, 0.3) is 0 Å². The van der Waals surface area contributed by atoms with Gasteiger partial charge in [0, 0.05) is 5.56 Å². The smallest absolute Gasteiger partial charge is 0.387 e. The zero-order chi connectivity index (χ0) is 15.4. The molecule has 0 spiro atoms. The average Bonchev–Trinajstić information content (AvgIpc) is 2.44. The molecule has 0 saturated heterocycles. The Morgan fingerprint density at radius 3 is 2.24 bits per heavy atom. The van der Waals surface area contributed by atoms with E-state index in [9.17, 15) is 17.6 Å². The number of alkyl halides is 2. The van der Waals surface area contributed by atoms with Gasteiger partial charge in [-0.2, -0.15) is 8.78 Å². The molecule has 2 aromatic rings. The van der Waals surface area contributed by atoms with E-state index < -0.39 is 24.3 Å². The molecule has 3 N–H and O–H groups in total. The number of ether oxygens (including phenoxy) is 1. The van der Waals surface area contributed by atoms with Crippen molar-refractivity contribution in [1.29, 1.82) is 0 Å². The second kappa shape index (κ2) is 6.55. The number of nitrogens with one attached hydrogen (secondary N) is 1. The van der Waals surface area contributed by atoms with Gasteiger partial charge in [0.15, 0.2) is 0 Å². The van der Waals surface area contributed by atoms with E-state index >= 15 is 0 Å². The quantitative estimate of drug-likeness (QED) is 0.507. The first-order valence-corrected chi connectivity index (χ1v) is 5.97. The van der Waals surface area contributed by atoms with E-state index in [1.165, 1.54) is 24.3 Å². The van der Waals surface area contributed by atoms with Crippen LogP contribution in [0.15, 0.2) is 42.5 Å². The predicted octanol–water partition coefficient (Wildman–Crippen LogP) is 3.12. The maximum atomic E-state index is 13.8. The number of rotatable bonds is 5. The third-order valence-corrected chi connectivity index (χ3v) is 2.87. The van der Waals surface area contributed by atoms with Crippen LogP contribution in [0.3, 0.4) is 0 Å². The molecule has 1 unspecified atom stereocenters. The first-order chi connectivity index (χ1) is 10.0. The van der Waals surface area contributed by atoms with Crippen LogP contribution < -0.4 is 16.0 Å². The molecule has 2 aromatic carbocycles. The maximum absolute atomic E-state index is 13.8. The van der Waals surface area contributed by atoms with Crippen LogP contribution >= 0.6 is 0 Å². The topological polar surface area (TPSA) is 47.3 Å².